The average molecular weight is 269 g/mol. The van der Waals surface area contributed by atoms with Crippen LogP contribution in [0, 0.1) is 0 Å². The van der Waals surface area contributed by atoms with Crippen LogP contribution in [-0.4, -0.2) is 16.7 Å². The van der Waals surface area contributed by atoms with Crippen LogP contribution in [0.3, 0.4) is 0 Å². The molecule has 1 aromatic heterocycles. The zero-order valence-electron chi connectivity index (χ0n) is 11.0. The Hall–Kier alpha value is -2.40. The van der Waals surface area contributed by atoms with Gasteiger partial charge in [-0.25, -0.2) is 0 Å². The maximum absolute atomic E-state index is 5.80. The largest absolute Gasteiger partial charge is 0.485 e. The second kappa shape index (κ2) is 5.71. The molecule has 0 bridgehead atoms. The molecule has 2 aromatic carbocycles. The molecule has 0 spiro atoms. The quantitative estimate of drug-likeness (QED) is 0.769. The summed E-state index contributed by atoms with van der Waals surface area (Å²) in [6.07, 6.45) is 2.06. The average Bonchev–Trinajstić information content (AvgIpc) is 3.00. The molecule has 3 rings (SSSR count). The zero-order valence-corrected chi connectivity index (χ0v) is 11.0. The van der Waals surface area contributed by atoms with E-state index in [1.165, 1.54) is 17.2 Å². The van der Waals surface area contributed by atoms with Gasteiger partial charge in [-0.1, -0.05) is 35.5 Å². The Morgan fingerprint density at radius 2 is 2.05 bits per heavy atom. The van der Waals surface area contributed by atoms with Gasteiger partial charge >= 0.3 is 0 Å². The number of nitrogens with zero attached hydrogens (tertiary/aromatic N) is 2. The Morgan fingerprint density at radius 1 is 1.15 bits per heavy atom. The van der Waals surface area contributed by atoms with Crippen molar-refractivity contribution in [1.29, 1.82) is 0 Å². The number of fused-ring (bicyclic) bond motifs is 1. The minimum atomic E-state index is 0.284. The summed E-state index contributed by atoms with van der Waals surface area (Å²) in [5, 5.41) is 6.09. The maximum atomic E-state index is 5.80. The van der Waals surface area contributed by atoms with E-state index < -0.39 is 0 Å². The first-order chi connectivity index (χ1) is 9.88. The summed E-state index contributed by atoms with van der Waals surface area (Å²) in [7, 11) is 0. The van der Waals surface area contributed by atoms with Gasteiger partial charge in [0.15, 0.2) is 6.61 Å². The minimum Gasteiger partial charge on any atom is -0.485 e. The molecule has 0 amide bonds. The van der Waals surface area contributed by atoms with E-state index in [1.54, 1.807) is 0 Å². The SMILES string of the molecule is NCCc1c(OCc2ncon2)ccc2ccccc12. The Labute approximate surface area is 116 Å². The fourth-order valence-corrected chi connectivity index (χ4v) is 2.25. The van der Waals surface area contributed by atoms with Crippen LogP contribution < -0.4 is 10.5 Å². The van der Waals surface area contributed by atoms with E-state index >= 15 is 0 Å². The fourth-order valence-electron chi connectivity index (χ4n) is 2.25. The van der Waals surface area contributed by atoms with Gasteiger partial charge in [-0.15, -0.1) is 0 Å². The lowest BCUT2D eigenvalue weighted by Gasteiger charge is -2.12. The van der Waals surface area contributed by atoms with Gasteiger partial charge in [0.1, 0.15) is 5.75 Å². The summed E-state index contributed by atoms with van der Waals surface area (Å²) in [6, 6.07) is 12.2. The summed E-state index contributed by atoms with van der Waals surface area (Å²) < 4.78 is 10.5. The van der Waals surface area contributed by atoms with Gasteiger partial charge in [0, 0.05) is 5.56 Å². The summed E-state index contributed by atoms with van der Waals surface area (Å²) in [5.41, 5.74) is 6.84. The number of benzene rings is 2. The van der Waals surface area contributed by atoms with Crippen molar-refractivity contribution < 1.29 is 9.26 Å². The lowest BCUT2D eigenvalue weighted by atomic mass is 10.0. The molecule has 1 heterocycles. The van der Waals surface area contributed by atoms with Crippen molar-refractivity contribution in [2.24, 2.45) is 5.73 Å². The number of hydrogen-bond acceptors (Lipinski definition) is 5. The molecule has 0 saturated carbocycles. The number of rotatable bonds is 5. The second-order valence-electron chi connectivity index (χ2n) is 4.44. The van der Waals surface area contributed by atoms with Crippen LogP contribution in [0.4, 0.5) is 0 Å². The molecule has 5 heteroatoms. The number of nitrogens with two attached hydrogens (primary N) is 1. The molecule has 0 aliphatic heterocycles. The van der Waals surface area contributed by atoms with E-state index in [1.807, 2.05) is 24.3 Å². The zero-order chi connectivity index (χ0) is 13.8. The Morgan fingerprint density at radius 3 is 2.85 bits per heavy atom. The van der Waals surface area contributed by atoms with Crippen LogP contribution >= 0.6 is 0 Å². The Balaban J connectivity index is 1.94. The van der Waals surface area contributed by atoms with Gasteiger partial charge in [-0.3, -0.25) is 0 Å². The third-order valence-corrected chi connectivity index (χ3v) is 3.16. The van der Waals surface area contributed by atoms with Crippen LogP contribution in [-0.2, 0) is 13.0 Å². The molecule has 0 aliphatic rings. The summed E-state index contributed by atoms with van der Waals surface area (Å²) in [6.45, 7) is 0.860. The smallest absolute Gasteiger partial charge is 0.213 e. The molecule has 2 N–H and O–H groups in total. The summed E-state index contributed by atoms with van der Waals surface area (Å²) in [5.74, 6) is 1.34. The summed E-state index contributed by atoms with van der Waals surface area (Å²) >= 11 is 0. The minimum absolute atomic E-state index is 0.284. The van der Waals surface area contributed by atoms with E-state index in [4.69, 9.17) is 10.5 Å². The fraction of sp³-hybridized carbons (Fsp3) is 0.200. The highest BCUT2D eigenvalue weighted by molar-refractivity contribution is 5.87. The number of hydrogen-bond donors (Lipinski definition) is 1. The molecule has 0 unspecified atom stereocenters. The van der Waals surface area contributed by atoms with Gasteiger partial charge in [-0.05, 0) is 29.8 Å². The van der Waals surface area contributed by atoms with Crippen LogP contribution in [0.1, 0.15) is 11.4 Å². The van der Waals surface area contributed by atoms with Crippen molar-refractivity contribution >= 4 is 10.8 Å². The lowest BCUT2D eigenvalue weighted by molar-refractivity contribution is 0.284. The van der Waals surface area contributed by atoms with Gasteiger partial charge in [0.2, 0.25) is 12.2 Å². The molecule has 20 heavy (non-hydrogen) atoms. The maximum Gasteiger partial charge on any atom is 0.213 e. The van der Waals surface area contributed by atoms with E-state index in [0.29, 0.717) is 12.4 Å². The van der Waals surface area contributed by atoms with Gasteiger partial charge in [-0.2, -0.15) is 4.98 Å². The van der Waals surface area contributed by atoms with Crippen molar-refractivity contribution in [2.75, 3.05) is 6.54 Å². The van der Waals surface area contributed by atoms with Gasteiger partial charge in [0.05, 0.1) is 0 Å². The van der Waals surface area contributed by atoms with Crippen molar-refractivity contribution in [3.8, 4) is 5.75 Å². The molecule has 0 atom stereocenters. The first-order valence-corrected chi connectivity index (χ1v) is 6.47. The Bertz CT molecular complexity index is 695. The third-order valence-electron chi connectivity index (χ3n) is 3.16. The molecule has 0 aliphatic carbocycles. The molecule has 102 valence electrons. The topological polar surface area (TPSA) is 74.2 Å². The lowest BCUT2D eigenvalue weighted by Crippen LogP contribution is -2.06. The monoisotopic (exact) mass is 269 g/mol. The van der Waals surface area contributed by atoms with Gasteiger partial charge < -0.3 is 15.0 Å². The highest BCUT2D eigenvalue weighted by Crippen LogP contribution is 2.28. The molecule has 3 aromatic rings. The van der Waals surface area contributed by atoms with E-state index in [2.05, 4.69) is 26.8 Å². The first kappa shape index (κ1) is 12.6. The number of aromatic nitrogens is 2. The molecule has 5 nitrogen and oxygen atoms in total. The normalized spacial score (nSPS) is 10.8. The van der Waals surface area contributed by atoms with E-state index in [-0.39, 0.29) is 6.61 Å². The second-order valence-corrected chi connectivity index (χ2v) is 4.44. The van der Waals surface area contributed by atoms with Crippen molar-refractivity contribution in [1.82, 2.24) is 10.1 Å². The Kier molecular flexibility index (Phi) is 3.60. The van der Waals surface area contributed by atoms with Crippen molar-refractivity contribution in [2.45, 2.75) is 13.0 Å². The molecular weight excluding hydrogens is 254 g/mol. The summed E-state index contributed by atoms with van der Waals surface area (Å²) in [4.78, 5) is 3.94. The van der Waals surface area contributed by atoms with Crippen molar-refractivity contribution in [3.05, 3.63) is 54.2 Å². The van der Waals surface area contributed by atoms with Crippen LogP contribution in [0.15, 0.2) is 47.3 Å². The van der Waals surface area contributed by atoms with E-state index in [0.717, 1.165) is 17.7 Å². The molecule has 0 saturated heterocycles. The highest BCUT2D eigenvalue weighted by atomic mass is 16.5. The van der Waals surface area contributed by atoms with Crippen LogP contribution in [0.25, 0.3) is 10.8 Å². The van der Waals surface area contributed by atoms with Crippen LogP contribution in [0.2, 0.25) is 0 Å². The van der Waals surface area contributed by atoms with Crippen LogP contribution in [0.5, 0.6) is 5.75 Å². The molecule has 0 radical (unpaired) electrons. The molecular formula is C15H15N3O2. The molecule has 0 fully saturated rings. The first-order valence-electron chi connectivity index (χ1n) is 6.47. The van der Waals surface area contributed by atoms with Crippen molar-refractivity contribution in [3.63, 3.8) is 0 Å². The standard InChI is InChI=1S/C15H15N3O2/c16-8-7-13-12-4-2-1-3-11(12)5-6-14(13)19-9-15-17-10-20-18-15/h1-6,10H,7-9,16H2. The van der Waals surface area contributed by atoms with E-state index in [9.17, 15) is 0 Å². The predicted octanol–water partition coefficient (Wildman–Crippen LogP) is 2.30. The third kappa shape index (κ3) is 2.48. The highest BCUT2D eigenvalue weighted by Gasteiger charge is 2.09. The van der Waals surface area contributed by atoms with Gasteiger partial charge in [0.25, 0.3) is 0 Å². The number of ether oxygens (including phenoxy) is 1. The predicted molar refractivity (Wildman–Crippen MR) is 75.3 cm³/mol.